The second-order valence-corrected chi connectivity index (χ2v) is 4.97. The van der Waals surface area contributed by atoms with E-state index in [0.29, 0.717) is 6.42 Å². The third kappa shape index (κ3) is 32.4. The molecule has 0 aliphatic heterocycles. The normalized spacial score (nSPS) is 9.21. The van der Waals surface area contributed by atoms with E-state index in [0.717, 1.165) is 12.8 Å². The summed E-state index contributed by atoms with van der Waals surface area (Å²) in [4.78, 5) is 10.1. The van der Waals surface area contributed by atoms with Gasteiger partial charge in [-0.2, -0.15) is 0 Å². The summed E-state index contributed by atoms with van der Waals surface area (Å²) in [6.45, 7) is 6.66. The van der Waals surface area contributed by atoms with Gasteiger partial charge in [0.25, 0.3) is 0 Å². The Morgan fingerprint density at radius 2 is 1.00 bits per heavy atom. The fourth-order valence-electron chi connectivity index (χ4n) is 1.73. The maximum atomic E-state index is 10.1. The first-order valence-electron chi connectivity index (χ1n) is 7.90. The maximum Gasteiger partial charge on any atom is 0.303 e. The van der Waals surface area contributed by atoms with Crippen LogP contribution >= 0.6 is 0 Å². The molecule has 3 heteroatoms. The number of carbonyl (C=O) groups is 1. The number of carboxylic acid groups (broad SMARTS) is 1. The summed E-state index contributed by atoms with van der Waals surface area (Å²) in [5.74, 6) is -0.663. The van der Waals surface area contributed by atoms with Gasteiger partial charge in [0.2, 0.25) is 0 Å². The predicted octanol–water partition coefficient (Wildman–Crippen LogP) is 5.80. The van der Waals surface area contributed by atoms with E-state index in [4.69, 9.17) is 5.11 Å². The minimum Gasteiger partial charge on any atom is -0.481 e. The second-order valence-electron chi connectivity index (χ2n) is 4.97. The number of hydrogen-bond acceptors (Lipinski definition) is 1. The molecule has 0 aliphatic carbocycles. The van der Waals surface area contributed by atoms with E-state index in [1.807, 2.05) is 0 Å². The molecule has 0 aromatic heterocycles. The smallest absolute Gasteiger partial charge is 0.303 e. The van der Waals surface area contributed by atoms with Gasteiger partial charge in [-0.3, -0.25) is 4.79 Å². The van der Waals surface area contributed by atoms with Crippen LogP contribution in [-0.4, -0.2) is 11.1 Å². The third-order valence-electron chi connectivity index (χ3n) is 2.95. The zero-order chi connectivity index (χ0) is 14.1. The molecule has 0 bridgehead atoms. The van der Waals surface area contributed by atoms with Crippen molar-refractivity contribution < 1.29 is 50.7 Å². The van der Waals surface area contributed by atoms with Crippen molar-refractivity contribution in [3.8, 4) is 0 Å². The van der Waals surface area contributed by atoms with E-state index in [-0.39, 0.29) is 40.8 Å². The maximum absolute atomic E-state index is 10.1. The fourth-order valence-corrected chi connectivity index (χ4v) is 1.73. The van der Waals surface area contributed by atoms with Gasteiger partial charge >= 0.3 is 5.97 Å². The Hall–Kier alpha value is 0.821. The van der Waals surface area contributed by atoms with Crippen molar-refractivity contribution in [2.75, 3.05) is 0 Å². The molecule has 0 fully saturated rings. The van der Waals surface area contributed by atoms with Gasteiger partial charge in [0.15, 0.2) is 0 Å². The summed E-state index contributed by atoms with van der Waals surface area (Å²) >= 11 is 0. The molecule has 0 amide bonds. The van der Waals surface area contributed by atoms with Crippen LogP contribution in [-0.2, 0) is 4.79 Å². The first-order chi connectivity index (χ1) is 8.68. The van der Waals surface area contributed by atoms with Gasteiger partial charge in [0.05, 0.1) is 0 Å². The standard InChI is InChI=1S/C10H20O2.C6H14.Nd/c1-2-3-4-5-6-7-8-9-10(11)12;1-3-5-6-4-2;/h2-9H2,1H3,(H,11,12);3-6H2,1-2H3;. The van der Waals surface area contributed by atoms with Crippen molar-refractivity contribution in [3.63, 3.8) is 0 Å². The second kappa shape index (κ2) is 23.9. The van der Waals surface area contributed by atoms with Crippen molar-refractivity contribution in [3.05, 3.63) is 0 Å². The Bertz CT molecular complexity index is 157. The molecular weight excluding hydrogens is 368 g/mol. The summed E-state index contributed by atoms with van der Waals surface area (Å²) in [7, 11) is 0. The van der Waals surface area contributed by atoms with E-state index in [1.165, 1.54) is 57.8 Å². The molecule has 2 nitrogen and oxygen atoms in total. The Morgan fingerprint density at radius 3 is 1.37 bits per heavy atom. The Labute approximate surface area is 153 Å². The van der Waals surface area contributed by atoms with Crippen molar-refractivity contribution in [1.82, 2.24) is 0 Å². The van der Waals surface area contributed by atoms with Crippen LogP contribution in [0, 0.1) is 40.8 Å². The van der Waals surface area contributed by atoms with Crippen molar-refractivity contribution in [2.24, 2.45) is 0 Å². The predicted molar refractivity (Wildman–Crippen MR) is 80.1 cm³/mol. The van der Waals surface area contributed by atoms with Crippen LogP contribution in [0.4, 0.5) is 0 Å². The zero-order valence-electron chi connectivity index (χ0n) is 13.3. The fraction of sp³-hybridized carbons (Fsp3) is 0.938. The van der Waals surface area contributed by atoms with E-state index in [1.54, 1.807) is 0 Å². The quantitative estimate of drug-likeness (QED) is 0.444. The van der Waals surface area contributed by atoms with Crippen LogP contribution in [0.5, 0.6) is 0 Å². The first-order valence-corrected chi connectivity index (χ1v) is 7.90. The van der Waals surface area contributed by atoms with Crippen LogP contribution in [0.1, 0.15) is 97.8 Å². The molecule has 0 saturated carbocycles. The van der Waals surface area contributed by atoms with E-state index >= 15 is 0 Å². The topological polar surface area (TPSA) is 37.3 Å². The van der Waals surface area contributed by atoms with Gasteiger partial charge < -0.3 is 5.11 Å². The molecule has 0 aromatic carbocycles. The number of rotatable bonds is 11. The van der Waals surface area contributed by atoms with Crippen molar-refractivity contribution in [1.29, 1.82) is 0 Å². The molecule has 114 valence electrons. The number of unbranched alkanes of at least 4 members (excludes halogenated alkanes) is 9. The number of hydrogen-bond donors (Lipinski definition) is 1. The average Bonchev–Trinajstić information content (AvgIpc) is 2.36. The van der Waals surface area contributed by atoms with E-state index in [9.17, 15) is 4.79 Å². The number of carboxylic acids is 1. The van der Waals surface area contributed by atoms with E-state index < -0.39 is 5.97 Å². The van der Waals surface area contributed by atoms with Crippen LogP contribution in [0.3, 0.4) is 0 Å². The monoisotopic (exact) mass is 400 g/mol. The largest absolute Gasteiger partial charge is 0.481 e. The Morgan fingerprint density at radius 1 is 0.684 bits per heavy atom. The molecule has 0 radical (unpaired) electrons. The zero-order valence-corrected chi connectivity index (χ0v) is 16.5. The summed E-state index contributed by atoms with van der Waals surface area (Å²) in [6.07, 6.45) is 14.2. The van der Waals surface area contributed by atoms with Crippen molar-refractivity contribution in [2.45, 2.75) is 97.8 Å². The van der Waals surface area contributed by atoms with Crippen LogP contribution in [0.25, 0.3) is 0 Å². The van der Waals surface area contributed by atoms with Gasteiger partial charge in [0, 0.05) is 47.3 Å². The molecule has 0 unspecified atom stereocenters. The van der Waals surface area contributed by atoms with Gasteiger partial charge in [-0.05, 0) is 6.42 Å². The molecule has 0 spiro atoms. The molecular formula is C16H34NdO2. The summed E-state index contributed by atoms with van der Waals surface area (Å²) < 4.78 is 0. The van der Waals surface area contributed by atoms with Gasteiger partial charge in [-0.1, -0.05) is 85.0 Å². The number of aliphatic carboxylic acids is 1. The molecule has 0 aromatic rings. The van der Waals surface area contributed by atoms with Crippen LogP contribution in [0.2, 0.25) is 0 Å². The first kappa shape index (κ1) is 24.8. The van der Waals surface area contributed by atoms with Gasteiger partial charge in [0.1, 0.15) is 0 Å². The average molecular weight is 403 g/mol. The Kier molecular flexibility index (Phi) is 31.2. The Balaban J connectivity index is -0.000000313. The minimum atomic E-state index is -0.663. The SMILES string of the molecule is CCCCCC.CCCCCCCCCC(=O)O.[Nd]. The van der Waals surface area contributed by atoms with Crippen molar-refractivity contribution >= 4 is 5.97 Å². The summed E-state index contributed by atoms with van der Waals surface area (Å²) in [6, 6.07) is 0. The summed E-state index contributed by atoms with van der Waals surface area (Å²) in [5, 5.41) is 8.35. The van der Waals surface area contributed by atoms with E-state index in [2.05, 4.69) is 20.8 Å². The van der Waals surface area contributed by atoms with Crippen LogP contribution < -0.4 is 0 Å². The molecule has 1 N–H and O–H groups in total. The van der Waals surface area contributed by atoms with Crippen LogP contribution in [0.15, 0.2) is 0 Å². The van der Waals surface area contributed by atoms with Gasteiger partial charge in [-0.25, -0.2) is 0 Å². The molecule has 0 aliphatic rings. The van der Waals surface area contributed by atoms with Gasteiger partial charge in [-0.15, -0.1) is 0 Å². The summed E-state index contributed by atoms with van der Waals surface area (Å²) in [5.41, 5.74) is 0. The molecule has 0 atom stereocenters. The molecule has 0 saturated heterocycles. The molecule has 0 rings (SSSR count). The molecule has 0 heterocycles. The third-order valence-corrected chi connectivity index (χ3v) is 2.95. The molecule has 19 heavy (non-hydrogen) atoms. The minimum absolute atomic E-state index is 0.